The third kappa shape index (κ3) is 13.5. The molecule has 0 bridgehead atoms. The fourth-order valence-corrected chi connectivity index (χ4v) is 1.58. The molecule has 5 nitrogen and oxygen atoms in total. The molecule has 0 aromatic heterocycles. The van der Waals surface area contributed by atoms with Gasteiger partial charge in [-0.2, -0.15) is 12.6 Å². The lowest BCUT2D eigenvalue weighted by Gasteiger charge is -2.19. The van der Waals surface area contributed by atoms with Crippen molar-refractivity contribution in [3.05, 3.63) is 0 Å². The van der Waals surface area contributed by atoms with Crippen molar-refractivity contribution in [3.8, 4) is 0 Å². The predicted octanol–water partition coefficient (Wildman–Crippen LogP) is 2.93. The number of rotatable bonds is 9. The Balaban J connectivity index is 3.37. The molecule has 0 saturated heterocycles. The van der Waals surface area contributed by atoms with Crippen LogP contribution in [-0.4, -0.2) is 36.6 Å². The average Bonchev–Trinajstić information content (AvgIpc) is 2.33. The molecule has 0 aliphatic heterocycles. The highest BCUT2D eigenvalue weighted by molar-refractivity contribution is 7.80. The van der Waals surface area contributed by atoms with E-state index < -0.39 is 5.60 Å². The lowest BCUT2D eigenvalue weighted by atomic mass is 10.1. The fraction of sp³-hybridized carbons (Fsp3) is 0.857. The lowest BCUT2D eigenvalue weighted by molar-refractivity contribution is -0.143. The van der Waals surface area contributed by atoms with Crippen molar-refractivity contribution in [1.29, 1.82) is 0 Å². The van der Waals surface area contributed by atoms with Gasteiger partial charge in [0.2, 0.25) is 0 Å². The van der Waals surface area contributed by atoms with E-state index in [1.54, 1.807) is 0 Å². The fourth-order valence-electron chi connectivity index (χ4n) is 1.48. The zero-order chi connectivity index (χ0) is 15.4. The number of ether oxygens (including phenoxy) is 2. The maximum absolute atomic E-state index is 11.3. The molecule has 0 unspecified atom stereocenters. The van der Waals surface area contributed by atoms with Crippen molar-refractivity contribution in [2.24, 2.45) is 0 Å². The molecular weight excluding hydrogens is 278 g/mol. The maximum Gasteiger partial charge on any atom is 0.407 e. The van der Waals surface area contributed by atoms with Gasteiger partial charge in [-0.3, -0.25) is 4.79 Å². The summed E-state index contributed by atoms with van der Waals surface area (Å²) in [6, 6.07) is 0. The summed E-state index contributed by atoms with van der Waals surface area (Å²) in [6.45, 7) is 6.47. The normalized spacial score (nSPS) is 11.0. The van der Waals surface area contributed by atoms with Crippen molar-refractivity contribution in [2.75, 3.05) is 18.9 Å². The van der Waals surface area contributed by atoms with Crippen LogP contribution in [0.25, 0.3) is 0 Å². The van der Waals surface area contributed by atoms with Gasteiger partial charge in [0.1, 0.15) is 12.2 Å². The van der Waals surface area contributed by atoms with E-state index in [-0.39, 0.29) is 12.1 Å². The Morgan fingerprint density at radius 1 is 1.10 bits per heavy atom. The van der Waals surface area contributed by atoms with Gasteiger partial charge in [0.15, 0.2) is 0 Å². The first kappa shape index (κ1) is 19.1. The van der Waals surface area contributed by atoms with Gasteiger partial charge < -0.3 is 14.8 Å². The molecule has 0 spiro atoms. The first-order chi connectivity index (χ1) is 9.35. The van der Waals surface area contributed by atoms with Crippen LogP contribution in [0.5, 0.6) is 0 Å². The number of thiol groups is 1. The molecule has 0 fully saturated rings. The summed E-state index contributed by atoms with van der Waals surface area (Å²) in [5.41, 5.74) is -0.461. The number of nitrogens with one attached hydrogen (secondary N) is 1. The van der Waals surface area contributed by atoms with Crippen LogP contribution in [0, 0.1) is 0 Å². The van der Waals surface area contributed by atoms with Crippen LogP contribution >= 0.6 is 12.6 Å². The number of unbranched alkanes of at least 4 members (excludes halogenated alkanes) is 3. The summed E-state index contributed by atoms with van der Waals surface area (Å²) in [7, 11) is 0. The summed E-state index contributed by atoms with van der Waals surface area (Å²) in [5.74, 6) is 0.396. The number of alkyl carbamates (subject to hydrolysis) is 1. The van der Waals surface area contributed by atoms with Crippen LogP contribution in [0.1, 0.15) is 52.9 Å². The number of carbonyl (C=O) groups excluding carboxylic acids is 2. The second-order valence-corrected chi connectivity index (χ2v) is 5.98. The molecule has 0 aliphatic rings. The van der Waals surface area contributed by atoms with Crippen molar-refractivity contribution >= 4 is 24.7 Å². The quantitative estimate of drug-likeness (QED) is 0.390. The smallest absolute Gasteiger partial charge is 0.407 e. The van der Waals surface area contributed by atoms with E-state index in [0.717, 1.165) is 25.7 Å². The predicted molar refractivity (Wildman–Crippen MR) is 82.1 cm³/mol. The van der Waals surface area contributed by atoms with E-state index in [0.29, 0.717) is 25.3 Å². The molecule has 1 amide bonds. The number of amides is 1. The molecule has 0 atom stereocenters. The van der Waals surface area contributed by atoms with Crippen LogP contribution < -0.4 is 5.32 Å². The van der Waals surface area contributed by atoms with Crippen LogP contribution in [0.2, 0.25) is 0 Å². The van der Waals surface area contributed by atoms with Crippen LogP contribution in [0.3, 0.4) is 0 Å². The topological polar surface area (TPSA) is 64.6 Å². The van der Waals surface area contributed by atoms with E-state index >= 15 is 0 Å². The molecule has 0 aliphatic carbocycles. The van der Waals surface area contributed by atoms with Crippen LogP contribution in [0.4, 0.5) is 4.79 Å². The van der Waals surface area contributed by atoms with E-state index in [1.165, 1.54) is 0 Å². The second kappa shape index (κ2) is 10.8. The molecule has 0 heterocycles. The van der Waals surface area contributed by atoms with E-state index in [2.05, 4.69) is 17.9 Å². The molecule has 6 heteroatoms. The van der Waals surface area contributed by atoms with E-state index in [9.17, 15) is 9.59 Å². The molecule has 1 N–H and O–H groups in total. The molecule has 118 valence electrons. The van der Waals surface area contributed by atoms with Gasteiger partial charge in [-0.25, -0.2) is 4.79 Å². The summed E-state index contributed by atoms with van der Waals surface area (Å²) in [5, 5.41) is 2.71. The Bertz CT molecular complexity index is 289. The zero-order valence-electron chi connectivity index (χ0n) is 12.7. The van der Waals surface area contributed by atoms with Crippen molar-refractivity contribution < 1.29 is 19.1 Å². The third-order valence-corrected chi connectivity index (χ3v) is 2.51. The maximum atomic E-state index is 11.3. The SMILES string of the molecule is CC(C)(C)OC(=O)NCCCCCCC(=O)OCCS. The first-order valence-corrected chi connectivity index (χ1v) is 7.72. The number of hydrogen-bond donors (Lipinski definition) is 2. The van der Waals surface area contributed by atoms with Gasteiger partial charge in [-0.15, -0.1) is 0 Å². The molecule has 0 aromatic carbocycles. The zero-order valence-corrected chi connectivity index (χ0v) is 13.6. The van der Waals surface area contributed by atoms with Gasteiger partial charge >= 0.3 is 12.1 Å². The Kier molecular flexibility index (Phi) is 10.3. The Morgan fingerprint density at radius 2 is 1.75 bits per heavy atom. The molecule has 0 radical (unpaired) electrons. The summed E-state index contributed by atoms with van der Waals surface area (Å²) in [6.07, 6.45) is 3.69. The Hall–Kier alpha value is -0.910. The van der Waals surface area contributed by atoms with Crippen molar-refractivity contribution in [1.82, 2.24) is 5.32 Å². The Morgan fingerprint density at radius 3 is 2.35 bits per heavy atom. The van der Waals surface area contributed by atoms with Crippen LogP contribution in [0.15, 0.2) is 0 Å². The number of carbonyl (C=O) groups is 2. The molecule has 20 heavy (non-hydrogen) atoms. The Labute approximate surface area is 127 Å². The summed E-state index contributed by atoms with van der Waals surface area (Å²) < 4.78 is 10.0. The molecule has 0 rings (SSSR count). The van der Waals surface area contributed by atoms with E-state index in [4.69, 9.17) is 9.47 Å². The van der Waals surface area contributed by atoms with Crippen molar-refractivity contribution in [2.45, 2.75) is 58.5 Å². The van der Waals surface area contributed by atoms with Crippen LogP contribution in [-0.2, 0) is 14.3 Å². The molecule has 0 aromatic rings. The standard InChI is InChI=1S/C14H27NO4S/c1-14(2,3)19-13(17)15-9-7-5-4-6-8-12(16)18-10-11-20/h20H,4-11H2,1-3H3,(H,15,17). The molecular formula is C14H27NO4S. The van der Waals surface area contributed by atoms with Gasteiger partial charge in [0, 0.05) is 18.7 Å². The minimum absolute atomic E-state index is 0.161. The largest absolute Gasteiger partial charge is 0.465 e. The number of hydrogen-bond acceptors (Lipinski definition) is 5. The highest BCUT2D eigenvalue weighted by atomic mass is 32.1. The van der Waals surface area contributed by atoms with Gasteiger partial charge in [-0.1, -0.05) is 12.8 Å². The van der Waals surface area contributed by atoms with Crippen molar-refractivity contribution in [3.63, 3.8) is 0 Å². The monoisotopic (exact) mass is 305 g/mol. The summed E-state index contributed by atoms with van der Waals surface area (Å²) >= 11 is 3.96. The molecule has 0 saturated carbocycles. The second-order valence-electron chi connectivity index (χ2n) is 5.54. The van der Waals surface area contributed by atoms with Gasteiger partial charge in [0.25, 0.3) is 0 Å². The first-order valence-electron chi connectivity index (χ1n) is 7.08. The highest BCUT2D eigenvalue weighted by Crippen LogP contribution is 2.07. The number of esters is 1. The minimum atomic E-state index is -0.461. The third-order valence-electron chi connectivity index (χ3n) is 2.33. The minimum Gasteiger partial charge on any atom is -0.465 e. The average molecular weight is 305 g/mol. The van der Waals surface area contributed by atoms with Gasteiger partial charge in [-0.05, 0) is 33.6 Å². The lowest BCUT2D eigenvalue weighted by Crippen LogP contribution is -2.32. The van der Waals surface area contributed by atoms with E-state index in [1.807, 2.05) is 20.8 Å². The highest BCUT2D eigenvalue weighted by Gasteiger charge is 2.15. The summed E-state index contributed by atoms with van der Waals surface area (Å²) in [4.78, 5) is 22.5. The van der Waals surface area contributed by atoms with Gasteiger partial charge in [0.05, 0.1) is 0 Å².